The van der Waals surface area contributed by atoms with Crippen molar-refractivity contribution in [1.82, 2.24) is 14.8 Å². The molecular formula is C5H10N4. The molecule has 50 valence electrons. The van der Waals surface area contributed by atoms with Crippen LogP contribution in [0.4, 0.5) is 0 Å². The van der Waals surface area contributed by atoms with E-state index in [0.717, 1.165) is 12.2 Å². The Morgan fingerprint density at radius 3 is 3.00 bits per heavy atom. The molecule has 0 aliphatic carbocycles. The number of hydrogen-bond donors (Lipinski definition) is 1. The van der Waals surface area contributed by atoms with Gasteiger partial charge in [-0.05, 0) is 6.54 Å². The van der Waals surface area contributed by atoms with Crippen molar-refractivity contribution in [2.45, 2.75) is 6.42 Å². The third-order valence-corrected chi connectivity index (χ3v) is 1.17. The predicted octanol–water partition coefficient (Wildman–Crippen LogP) is -0.684. The zero-order chi connectivity index (χ0) is 6.69. The zero-order valence-corrected chi connectivity index (χ0v) is 5.41. The number of hydrogen-bond acceptors (Lipinski definition) is 3. The average Bonchev–Trinajstić information content (AvgIpc) is 2.18. The molecule has 1 rings (SSSR count). The highest BCUT2D eigenvalue weighted by Gasteiger charge is 1.95. The van der Waals surface area contributed by atoms with Gasteiger partial charge in [0.15, 0.2) is 0 Å². The molecule has 0 aliphatic rings. The smallest absolute Gasteiger partial charge is 0.138 e. The molecule has 4 nitrogen and oxygen atoms in total. The maximum Gasteiger partial charge on any atom is 0.138 e. The summed E-state index contributed by atoms with van der Waals surface area (Å²) in [7, 11) is 1.86. The normalized spacial score (nSPS) is 10.0. The molecule has 2 N–H and O–H groups in total. The highest BCUT2D eigenvalue weighted by atomic mass is 15.3. The molecular weight excluding hydrogens is 116 g/mol. The lowest BCUT2D eigenvalue weighted by molar-refractivity contribution is 0.696. The fraction of sp³-hybridized carbons (Fsp3) is 0.600. The third kappa shape index (κ3) is 1.26. The fourth-order valence-electron chi connectivity index (χ4n) is 0.676. The largest absolute Gasteiger partial charge is 0.330 e. The highest BCUT2D eigenvalue weighted by Crippen LogP contribution is 1.88. The van der Waals surface area contributed by atoms with Crippen molar-refractivity contribution < 1.29 is 0 Å². The van der Waals surface area contributed by atoms with Crippen molar-refractivity contribution in [2.75, 3.05) is 6.54 Å². The summed E-state index contributed by atoms with van der Waals surface area (Å²) in [6, 6.07) is 0. The van der Waals surface area contributed by atoms with Gasteiger partial charge in [0.25, 0.3) is 0 Å². The minimum absolute atomic E-state index is 0.631. The second-order valence-electron chi connectivity index (χ2n) is 1.84. The van der Waals surface area contributed by atoms with E-state index >= 15 is 0 Å². The van der Waals surface area contributed by atoms with E-state index in [4.69, 9.17) is 5.73 Å². The van der Waals surface area contributed by atoms with Gasteiger partial charge >= 0.3 is 0 Å². The average molecular weight is 126 g/mol. The van der Waals surface area contributed by atoms with Crippen LogP contribution >= 0.6 is 0 Å². The van der Waals surface area contributed by atoms with Gasteiger partial charge in [0.1, 0.15) is 12.2 Å². The first kappa shape index (κ1) is 6.22. The maximum atomic E-state index is 5.31. The lowest BCUT2D eigenvalue weighted by Gasteiger charge is -1.93. The van der Waals surface area contributed by atoms with Crippen LogP contribution in [0.15, 0.2) is 6.33 Å². The second kappa shape index (κ2) is 2.59. The molecule has 0 saturated carbocycles. The summed E-state index contributed by atoms with van der Waals surface area (Å²) in [5.74, 6) is 0.942. The van der Waals surface area contributed by atoms with E-state index in [2.05, 4.69) is 10.1 Å². The SMILES string of the molecule is Cn1ncnc1CCN. The summed E-state index contributed by atoms with van der Waals surface area (Å²) in [6.07, 6.45) is 2.33. The van der Waals surface area contributed by atoms with Gasteiger partial charge in [-0.2, -0.15) is 5.10 Å². The minimum Gasteiger partial charge on any atom is -0.330 e. The van der Waals surface area contributed by atoms with Gasteiger partial charge in [-0.1, -0.05) is 0 Å². The van der Waals surface area contributed by atoms with Crippen LogP contribution in [-0.2, 0) is 13.5 Å². The molecule has 0 bridgehead atoms. The molecule has 0 spiro atoms. The van der Waals surface area contributed by atoms with Crippen LogP contribution in [0.3, 0.4) is 0 Å². The fourth-order valence-corrected chi connectivity index (χ4v) is 0.676. The van der Waals surface area contributed by atoms with Crippen LogP contribution in [0.1, 0.15) is 5.82 Å². The van der Waals surface area contributed by atoms with Crippen molar-refractivity contribution in [3.8, 4) is 0 Å². The highest BCUT2D eigenvalue weighted by molar-refractivity contribution is 4.83. The molecule has 0 atom stereocenters. The number of aryl methyl sites for hydroxylation is 1. The molecule has 9 heavy (non-hydrogen) atoms. The molecule has 0 saturated heterocycles. The van der Waals surface area contributed by atoms with Crippen LogP contribution in [0.5, 0.6) is 0 Å². The van der Waals surface area contributed by atoms with E-state index in [1.165, 1.54) is 6.33 Å². The quantitative estimate of drug-likeness (QED) is 0.571. The number of aromatic nitrogens is 3. The molecule has 0 unspecified atom stereocenters. The number of nitrogens with zero attached hydrogens (tertiary/aromatic N) is 3. The molecule has 0 fully saturated rings. The lowest BCUT2D eigenvalue weighted by atomic mass is 10.4. The van der Waals surface area contributed by atoms with Crippen LogP contribution in [0.2, 0.25) is 0 Å². The Hall–Kier alpha value is -0.900. The molecule has 0 aromatic carbocycles. The Bertz CT molecular complexity index is 181. The van der Waals surface area contributed by atoms with Crippen LogP contribution in [0.25, 0.3) is 0 Å². The number of rotatable bonds is 2. The molecule has 4 heteroatoms. The molecule has 1 aromatic rings. The predicted molar refractivity (Wildman–Crippen MR) is 33.8 cm³/mol. The van der Waals surface area contributed by atoms with Crippen LogP contribution in [-0.4, -0.2) is 21.3 Å². The van der Waals surface area contributed by atoms with Crippen molar-refractivity contribution in [1.29, 1.82) is 0 Å². The first-order chi connectivity index (χ1) is 4.34. The molecule has 0 amide bonds. The van der Waals surface area contributed by atoms with Gasteiger partial charge in [-0.25, -0.2) is 4.98 Å². The molecule has 0 aliphatic heterocycles. The Kier molecular flexibility index (Phi) is 1.79. The Labute approximate surface area is 53.7 Å². The molecule has 1 heterocycles. The van der Waals surface area contributed by atoms with E-state index in [9.17, 15) is 0 Å². The van der Waals surface area contributed by atoms with Gasteiger partial charge in [-0.15, -0.1) is 0 Å². The van der Waals surface area contributed by atoms with Gasteiger partial charge in [-0.3, -0.25) is 4.68 Å². The van der Waals surface area contributed by atoms with Crippen molar-refractivity contribution in [3.05, 3.63) is 12.2 Å². The first-order valence-electron chi connectivity index (χ1n) is 2.87. The number of nitrogens with two attached hydrogens (primary N) is 1. The zero-order valence-electron chi connectivity index (χ0n) is 5.41. The lowest BCUT2D eigenvalue weighted by Crippen LogP contribution is -2.08. The third-order valence-electron chi connectivity index (χ3n) is 1.17. The Morgan fingerprint density at radius 2 is 2.56 bits per heavy atom. The summed E-state index contributed by atoms with van der Waals surface area (Å²) in [5, 5.41) is 3.89. The minimum atomic E-state index is 0.631. The summed E-state index contributed by atoms with van der Waals surface area (Å²) in [4.78, 5) is 3.98. The van der Waals surface area contributed by atoms with Crippen molar-refractivity contribution >= 4 is 0 Å². The van der Waals surface area contributed by atoms with Gasteiger partial charge in [0.05, 0.1) is 0 Å². The summed E-state index contributed by atoms with van der Waals surface area (Å²) < 4.78 is 1.73. The van der Waals surface area contributed by atoms with Crippen molar-refractivity contribution in [3.63, 3.8) is 0 Å². The van der Waals surface area contributed by atoms with E-state index in [1.54, 1.807) is 4.68 Å². The van der Waals surface area contributed by atoms with Gasteiger partial charge < -0.3 is 5.73 Å². The Balaban J connectivity index is 2.69. The Morgan fingerprint density at radius 1 is 1.78 bits per heavy atom. The first-order valence-corrected chi connectivity index (χ1v) is 2.87. The summed E-state index contributed by atoms with van der Waals surface area (Å²) in [6.45, 7) is 0.631. The summed E-state index contributed by atoms with van der Waals surface area (Å²) >= 11 is 0. The molecule has 0 radical (unpaired) electrons. The summed E-state index contributed by atoms with van der Waals surface area (Å²) in [5.41, 5.74) is 5.31. The van der Waals surface area contributed by atoms with E-state index in [0.29, 0.717) is 6.54 Å². The molecule has 1 aromatic heterocycles. The van der Waals surface area contributed by atoms with Crippen LogP contribution in [0, 0.1) is 0 Å². The standard InChI is InChI=1S/C5H10N4/c1-9-5(2-3-6)7-4-8-9/h4H,2-3,6H2,1H3. The second-order valence-corrected chi connectivity index (χ2v) is 1.84. The topological polar surface area (TPSA) is 56.7 Å². The monoisotopic (exact) mass is 126 g/mol. The van der Waals surface area contributed by atoms with E-state index < -0.39 is 0 Å². The van der Waals surface area contributed by atoms with E-state index in [-0.39, 0.29) is 0 Å². The van der Waals surface area contributed by atoms with Crippen molar-refractivity contribution in [2.24, 2.45) is 12.8 Å². The van der Waals surface area contributed by atoms with Crippen LogP contribution < -0.4 is 5.73 Å². The van der Waals surface area contributed by atoms with Gasteiger partial charge in [0, 0.05) is 13.5 Å². The maximum absolute atomic E-state index is 5.31. The van der Waals surface area contributed by atoms with E-state index in [1.807, 2.05) is 7.05 Å². The van der Waals surface area contributed by atoms with Gasteiger partial charge in [0.2, 0.25) is 0 Å².